The normalized spacial score (nSPS) is 10.9. The van der Waals surface area contributed by atoms with Crippen molar-refractivity contribution in [3.63, 3.8) is 0 Å². The van der Waals surface area contributed by atoms with E-state index in [9.17, 15) is 0 Å². The van der Waals surface area contributed by atoms with E-state index in [0.29, 0.717) is 5.95 Å². The zero-order valence-electron chi connectivity index (χ0n) is 16.2. The minimum absolute atomic E-state index is 0.506. The second kappa shape index (κ2) is 7.10. The molecule has 9 nitrogen and oxygen atoms in total. The first kappa shape index (κ1) is 17.7. The fourth-order valence-corrected chi connectivity index (χ4v) is 2.91. The largest absolute Gasteiger partial charge is 0.373 e. The third-order valence-corrected chi connectivity index (χ3v) is 4.23. The standard InChI is InChI=1S/C19H21N9/c1-12-22-13(2)28(26-12)16-7-5-15(6-8-16)23-19-24-17(9-18(20-3)25-19)14-10-21-27(4)11-14/h5-11H,1-4H3,(H2,20,23,24,25). The van der Waals surface area contributed by atoms with Crippen molar-refractivity contribution in [1.29, 1.82) is 0 Å². The van der Waals surface area contributed by atoms with Gasteiger partial charge in [-0.25, -0.2) is 14.6 Å². The molecule has 3 aromatic heterocycles. The van der Waals surface area contributed by atoms with Crippen molar-refractivity contribution < 1.29 is 0 Å². The highest BCUT2D eigenvalue weighted by atomic mass is 15.3. The van der Waals surface area contributed by atoms with E-state index in [1.807, 2.05) is 69.2 Å². The SMILES string of the molecule is CNc1cc(-c2cnn(C)c2)nc(Nc2ccc(-n3nc(C)nc3C)cc2)n1. The van der Waals surface area contributed by atoms with Gasteiger partial charge in [-0.15, -0.1) is 0 Å². The quantitative estimate of drug-likeness (QED) is 0.553. The molecule has 0 unspecified atom stereocenters. The molecule has 0 atom stereocenters. The van der Waals surface area contributed by atoms with Gasteiger partial charge in [-0.05, 0) is 38.1 Å². The van der Waals surface area contributed by atoms with Crippen LogP contribution in [0.3, 0.4) is 0 Å². The zero-order valence-corrected chi connectivity index (χ0v) is 16.2. The van der Waals surface area contributed by atoms with Crippen molar-refractivity contribution in [3.8, 4) is 16.9 Å². The van der Waals surface area contributed by atoms with E-state index in [-0.39, 0.29) is 0 Å². The second-order valence-electron chi connectivity index (χ2n) is 6.40. The Labute approximate surface area is 162 Å². The van der Waals surface area contributed by atoms with Crippen molar-refractivity contribution in [1.82, 2.24) is 34.5 Å². The lowest BCUT2D eigenvalue weighted by atomic mass is 10.2. The third kappa shape index (κ3) is 3.54. The minimum atomic E-state index is 0.506. The average Bonchev–Trinajstić information content (AvgIpc) is 3.27. The van der Waals surface area contributed by atoms with E-state index < -0.39 is 0 Å². The molecule has 142 valence electrons. The summed E-state index contributed by atoms with van der Waals surface area (Å²) in [7, 11) is 3.71. The lowest BCUT2D eigenvalue weighted by molar-refractivity contribution is 0.768. The van der Waals surface area contributed by atoms with E-state index in [1.165, 1.54) is 0 Å². The highest BCUT2D eigenvalue weighted by Gasteiger charge is 2.09. The van der Waals surface area contributed by atoms with Gasteiger partial charge < -0.3 is 10.6 Å². The van der Waals surface area contributed by atoms with Crippen LogP contribution in [-0.4, -0.2) is 41.6 Å². The molecule has 9 heteroatoms. The molecule has 0 radical (unpaired) electrons. The summed E-state index contributed by atoms with van der Waals surface area (Å²) >= 11 is 0. The molecule has 28 heavy (non-hydrogen) atoms. The van der Waals surface area contributed by atoms with Crippen LogP contribution in [0.4, 0.5) is 17.5 Å². The van der Waals surface area contributed by atoms with E-state index in [1.54, 1.807) is 10.9 Å². The molecule has 3 heterocycles. The summed E-state index contributed by atoms with van der Waals surface area (Å²) in [5, 5.41) is 15.0. The monoisotopic (exact) mass is 375 g/mol. The fraction of sp³-hybridized carbons (Fsp3) is 0.211. The first-order valence-electron chi connectivity index (χ1n) is 8.85. The van der Waals surface area contributed by atoms with Crippen LogP contribution in [0.1, 0.15) is 11.6 Å². The Morgan fingerprint density at radius 3 is 2.39 bits per heavy atom. The highest BCUT2D eigenvalue weighted by Crippen LogP contribution is 2.23. The molecule has 0 aliphatic rings. The first-order valence-corrected chi connectivity index (χ1v) is 8.85. The molecule has 0 amide bonds. The van der Waals surface area contributed by atoms with Crippen LogP contribution in [0.2, 0.25) is 0 Å². The summed E-state index contributed by atoms with van der Waals surface area (Å²) < 4.78 is 3.56. The Hall–Kier alpha value is -3.75. The summed E-state index contributed by atoms with van der Waals surface area (Å²) in [6.45, 7) is 3.81. The Morgan fingerprint density at radius 2 is 1.79 bits per heavy atom. The molecular weight excluding hydrogens is 354 g/mol. The van der Waals surface area contributed by atoms with Gasteiger partial charge in [-0.2, -0.15) is 15.2 Å². The zero-order chi connectivity index (χ0) is 19.7. The number of nitrogens with one attached hydrogen (secondary N) is 2. The summed E-state index contributed by atoms with van der Waals surface area (Å²) in [6, 6.07) is 9.78. The first-order chi connectivity index (χ1) is 13.5. The van der Waals surface area contributed by atoms with Crippen LogP contribution >= 0.6 is 0 Å². The molecule has 0 saturated heterocycles. The van der Waals surface area contributed by atoms with E-state index >= 15 is 0 Å². The van der Waals surface area contributed by atoms with Crippen molar-refractivity contribution in [3.05, 3.63) is 54.4 Å². The molecule has 4 rings (SSSR count). The van der Waals surface area contributed by atoms with Crippen LogP contribution in [0.5, 0.6) is 0 Å². The second-order valence-corrected chi connectivity index (χ2v) is 6.40. The minimum Gasteiger partial charge on any atom is -0.373 e. The number of anilines is 3. The Balaban J connectivity index is 1.61. The maximum atomic E-state index is 4.62. The van der Waals surface area contributed by atoms with Gasteiger partial charge >= 0.3 is 0 Å². The molecule has 0 fully saturated rings. The lowest BCUT2D eigenvalue weighted by Gasteiger charge is -2.10. The van der Waals surface area contributed by atoms with E-state index in [2.05, 4.69) is 35.8 Å². The Morgan fingerprint density at radius 1 is 1.00 bits per heavy atom. The van der Waals surface area contributed by atoms with Gasteiger partial charge in [0.1, 0.15) is 17.5 Å². The van der Waals surface area contributed by atoms with Gasteiger partial charge in [0.05, 0.1) is 17.6 Å². The summed E-state index contributed by atoms with van der Waals surface area (Å²) in [5.41, 5.74) is 3.55. The van der Waals surface area contributed by atoms with Crippen molar-refractivity contribution in [2.75, 3.05) is 17.7 Å². The van der Waals surface area contributed by atoms with Crippen molar-refractivity contribution in [2.45, 2.75) is 13.8 Å². The summed E-state index contributed by atoms with van der Waals surface area (Å²) in [4.78, 5) is 13.4. The van der Waals surface area contributed by atoms with Crippen LogP contribution in [-0.2, 0) is 7.05 Å². The molecule has 4 aromatic rings. The molecule has 0 aliphatic heterocycles. The van der Waals surface area contributed by atoms with Gasteiger partial charge in [-0.3, -0.25) is 4.68 Å². The Bertz CT molecular complexity index is 1110. The van der Waals surface area contributed by atoms with Gasteiger partial charge in [0, 0.05) is 37.6 Å². The summed E-state index contributed by atoms with van der Waals surface area (Å²) in [5.74, 6) is 2.83. The predicted molar refractivity (Wildman–Crippen MR) is 108 cm³/mol. The molecule has 0 bridgehead atoms. The van der Waals surface area contributed by atoms with Crippen LogP contribution < -0.4 is 10.6 Å². The van der Waals surface area contributed by atoms with Gasteiger partial charge in [0.2, 0.25) is 5.95 Å². The maximum absolute atomic E-state index is 4.62. The average molecular weight is 375 g/mol. The predicted octanol–water partition coefficient (Wildman–Crippen LogP) is 2.86. The van der Waals surface area contributed by atoms with Gasteiger partial charge in [0.15, 0.2) is 0 Å². The summed E-state index contributed by atoms with van der Waals surface area (Å²) in [6.07, 6.45) is 3.70. The highest BCUT2D eigenvalue weighted by molar-refractivity contribution is 5.65. The van der Waals surface area contributed by atoms with E-state index in [0.717, 1.165) is 40.1 Å². The molecule has 2 N–H and O–H groups in total. The number of rotatable bonds is 5. The van der Waals surface area contributed by atoms with Crippen molar-refractivity contribution >= 4 is 17.5 Å². The lowest BCUT2D eigenvalue weighted by Crippen LogP contribution is -2.03. The Kier molecular flexibility index (Phi) is 4.48. The smallest absolute Gasteiger partial charge is 0.229 e. The number of aryl methyl sites for hydroxylation is 3. The topological polar surface area (TPSA) is 98.4 Å². The fourth-order valence-electron chi connectivity index (χ4n) is 2.91. The number of nitrogens with zero attached hydrogens (tertiary/aromatic N) is 7. The molecule has 1 aromatic carbocycles. The number of aromatic nitrogens is 7. The third-order valence-electron chi connectivity index (χ3n) is 4.23. The molecule has 0 aliphatic carbocycles. The van der Waals surface area contributed by atoms with E-state index in [4.69, 9.17) is 0 Å². The number of benzene rings is 1. The van der Waals surface area contributed by atoms with Crippen molar-refractivity contribution in [2.24, 2.45) is 7.05 Å². The maximum Gasteiger partial charge on any atom is 0.229 e. The van der Waals surface area contributed by atoms with Crippen LogP contribution in [0.15, 0.2) is 42.7 Å². The molecule has 0 saturated carbocycles. The molecular formula is C19H21N9. The van der Waals surface area contributed by atoms with Crippen LogP contribution in [0.25, 0.3) is 16.9 Å². The number of hydrogen-bond donors (Lipinski definition) is 2. The number of hydrogen-bond acceptors (Lipinski definition) is 7. The molecule has 0 spiro atoms. The van der Waals surface area contributed by atoms with Gasteiger partial charge in [-0.1, -0.05) is 0 Å². The van der Waals surface area contributed by atoms with Crippen LogP contribution in [0, 0.1) is 13.8 Å². The van der Waals surface area contributed by atoms with Gasteiger partial charge in [0.25, 0.3) is 0 Å².